The molecule has 2 aromatic carbocycles. The van der Waals surface area contributed by atoms with Crippen molar-refractivity contribution in [2.24, 2.45) is 0 Å². The molecule has 7 heteroatoms. The van der Waals surface area contributed by atoms with Gasteiger partial charge in [0.15, 0.2) is 0 Å². The van der Waals surface area contributed by atoms with Gasteiger partial charge in [0.25, 0.3) is 0 Å². The third kappa shape index (κ3) is 6.63. The van der Waals surface area contributed by atoms with Gasteiger partial charge in [0, 0.05) is 34.1 Å². The van der Waals surface area contributed by atoms with Crippen molar-refractivity contribution in [2.75, 3.05) is 0 Å². The lowest BCUT2D eigenvalue weighted by molar-refractivity contribution is -0.141. The second-order valence-corrected chi connectivity index (χ2v) is 9.51. The monoisotopic (exact) mass is 494 g/mol. The molecule has 4 nitrogen and oxygen atoms in total. The molecule has 0 aliphatic heterocycles. The Morgan fingerprint density at radius 2 is 1.75 bits per heavy atom. The Balaban J connectivity index is 1.80. The summed E-state index contributed by atoms with van der Waals surface area (Å²) in [6.45, 7) is 2.17. The van der Waals surface area contributed by atoms with Crippen LogP contribution >= 0.6 is 34.8 Å². The van der Waals surface area contributed by atoms with Crippen molar-refractivity contribution in [2.45, 2.75) is 70.5 Å². The van der Waals surface area contributed by atoms with E-state index in [-0.39, 0.29) is 30.8 Å². The first-order chi connectivity index (χ1) is 15.4. The van der Waals surface area contributed by atoms with Crippen molar-refractivity contribution >= 4 is 46.6 Å². The Labute approximate surface area is 205 Å². The molecule has 0 aromatic heterocycles. The highest BCUT2D eigenvalue weighted by atomic mass is 35.5. The van der Waals surface area contributed by atoms with E-state index in [4.69, 9.17) is 34.8 Å². The van der Waals surface area contributed by atoms with E-state index in [9.17, 15) is 9.59 Å². The smallest absolute Gasteiger partial charge is 0.243 e. The summed E-state index contributed by atoms with van der Waals surface area (Å²) in [4.78, 5) is 28.2. The first-order valence-corrected chi connectivity index (χ1v) is 12.3. The Morgan fingerprint density at radius 3 is 2.41 bits per heavy atom. The number of nitrogens with zero attached hydrogens (tertiary/aromatic N) is 1. The summed E-state index contributed by atoms with van der Waals surface area (Å²) in [5.74, 6) is -0.208. The van der Waals surface area contributed by atoms with Crippen LogP contribution in [0, 0.1) is 0 Å². The van der Waals surface area contributed by atoms with E-state index in [1.807, 2.05) is 31.2 Å². The Bertz CT molecular complexity index is 945. The number of nitrogens with one attached hydrogen (secondary N) is 1. The minimum atomic E-state index is -0.568. The van der Waals surface area contributed by atoms with Crippen molar-refractivity contribution < 1.29 is 9.59 Å². The number of hydrogen-bond donors (Lipinski definition) is 1. The number of amides is 2. The zero-order chi connectivity index (χ0) is 23.1. The number of hydrogen-bond acceptors (Lipinski definition) is 2. The second kappa shape index (κ2) is 11.9. The van der Waals surface area contributed by atoms with Gasteiger partial charge in [-0.2, -0.15) is 0 Å². The van der Waals surface area contributed by atoms with E-state index in [2.05, 4.69) is 5.32 Å². The summed E-state index contributed by atoms with van der Waals surface area (Å²) in [5.41, 5.74) is 1.67. The molecule has 1 fully saturated rings. The normalized spacial score (nSPS) is 14.9. The fourth-order valence-corrected chi connectivity index (χ4v) is 4.91. The van der Waals surface area contributed by atoms with Gasteiger partial charge in [-0.25, -0.2) is 0 Å². The SMILES string of the molecule is CC[C@H](C(=O)NC1CCCC1)N(Cc1ccc(Cl)cc1Cl)C(=O)CCc1ccccc1Cl. The molecule has 2 aromatic rings. The molecule has 0 bridgehead atoms. The lowest BCUT2D eigenvalue weighted by Gasteiger charge is -2.32. The number of aryl methyl sites for hydroxylation is 1. The maximum Gasteiger partial charge on any atom is 0.243 e. The predicted octanol–water partition coefficient (Wildman–Crippen LogP) is 6.45. The lowest BCUT2D eigenvalue weighted by atomic mass is 10.1. The van der Waals surface area contributed by atoms with Gasteiger partial charge in [-0.1, -0.05) is 78.8 Å². The van der Waals surface area contributed by atoms with Gasteiger partial charge >= 0.3 is 0 Å². The number of rotatable bonds is 9. The molecule has 0 spiro atoms. The lowest BCUT2D eigenvalue weighted by Crippen LogP contribution is -2.51. The highest BCUT2D eigenvalue weighted by Gasteiger charge is 2.30. The third-order valence-corrected chi connectivity index (χ3v) is 6.96. The Kier molecular flexibility index (Phi) is 9.27. The van der Waals surface area contributed by atoms with Crippen molar-refractivity contribution in [1.82, 2.24) is 10.2 Å². The molecule has 0 heterocycles. The highest BCUT2D eigenvalue weighted by Crippen LogP contribution is 2.25. The quantitative estimate of drug-likeness (QED) is 0.435. The van der Waals surface area contributed by atoms with Crippen LogP contribution in [0.5, 0.6) is 0 Å². The van der Waals surface area contributed by atoms with Crippen molar-refractivity contribution in [3.05, 3.63) is 68.7 Å². The molecule has 0 saturated heterocycles. The minimum Gasteiger partial charge on any atom is -0.352 e. The summed E-state index contributed by atoms with van der Waals surface area (Å²) in [7, 11) is 0. The van der Waals surface area contributed by atoms with Crippen LogP contribution in [0.4, 0.5) is 0 Å². The van der Waals surface area contributed by atoms with Crippen LogP contribution in [0.2, 0.25) is 15.1 Å². The summed E-state index contributed by atoms with van der Waals surface area (Å²) in [5, 5.41) is 4.80. The van der Waals surface area contributed by atoms with Gasteiger partial charge in [-0.3, -0.25) is 9.59 Å². The van der Waals surface area contributed by atoms with Crippen molar-refractivity contribution in [1.29, 1.82) is 0 Å². The van der Waals surface area contributed by atoms with Gasteiger partial charge in [0.1, 0.15) is 6.04 Å². The standard InChI is InChI=1S/C25H29Cl3N2O2/c1-2-23(25(32)29-20-8-4-5-9-20)30(16-18-11-13-19(26)15-22(18)28)24(31)14-12-17-7-3-6-10-21(17)27/h3,6-7,10-11,13,15,20,23H,2,4-5,8-9,12,14,16H2,1H3,(H,29,32)/t23-/m1/s1. The van der Waals surface area contributed by atoms with Crippen LogP contribution in [0.1, 0.15) is 56.6 Å². The van der Waals surface area contributed by atoms with E-state index in [1.54, 1.807) is 23.1 Å². The van der Waals surface area contributed by atoms with Crippen molar-refractivity contribution in [3.8, 4) is 0 Å². The van der Waals surface area contributed by atoms with Crippen molar-refractivity contribution in [3.63, 3.8) is 0 Å². The van der Waals surface area contributed by atoms with E-state index < -0.39 is 6.04 Å². The summed E-state index contributed by atoms with van der Waals surface area (Å²) >= 11 is 18.7. The molecule has 2 amide bonds. The average molecular weight is 496 g/mol. The molecular formula is C25H29Cl3N2O2. The van der Waals surface area contributed by atoms with E-state index in [0.29, 0.717) is 27.9 Å². The first-order valence-electron chi connectivity index (χ1n) is 11.2. The average Bonchev–Trinajstić information content (AvgIpc) is 3.27. The van der Waals surface area contributed by atoms with Crippen LogP contribution in [0.15, 0.2) is 42.5 Å². The Morgan fingerprint density at radius 1 is 1.03 bits per heavy atom. The van der Waals surface area contributed by atoms with E-state index >= 15 is 0 Å². The van der Waals surface area contributed by atoms with E-state index in [0.717, 1.165) is 36.8 Å². The van der Waals surface area contributed by atoms with Crippen LogP contribution in [0.25, 0.3) is 0 Å². The van der Waals surface area contributed by atoms with Gasteiger partial charge < -0.3 is 10.2 Å². The van der Waals surface area contributed by atoms with Gasteiger partial charge in [-0.15, -0.1) is 0 Å². The minimum absolute atomic E-state index is 0.101. The number of carbonyl (C=O) groups excluding carboxylic acids is 2. The molecule has 3 rings (SSSR count). The summed E-state index contributed by atoms with van der Waals surface area (Å²) < 4.78 is 0. The molecule has 0 unspecified atom stereocenters. The maximum atomic E-state index is 13.4. The molecule has 1 aliphatic carbocycles. The molecule has 1 aliphatic rings. The van der Waals surface area contributed by atoms with Crippen LogP contribution in [0.3, 0.4) is 0 Å². The first kappa shape index (κ1) is 24.9. The van der Waals surface area contributed by atoms with Crippen LogP contribution in [-0.4, -0.2) is 28.8 Å². The molecular weight excluding hydrogens is 467 g/mol. The van der Waals surface area contributed by atoms with Gasteiger partial charge in [0.2, 0.25) is 11.8 Å². The molecule has 32 heavy (non-hydrogen) atoms. The molecule has 172 valence electrons. The maximum absolute atomic E-state index is 13.4. The molecule has 0 radical (unpaired) electrons. The zero-order valence-corrected chi connectivity index (χ0v) is 20.5. The highest BCUT2D eigenvalue weighted by molar-refractivity contribution is 6.35. The third-order valence-electron chi connectivity index (χ3n) is 6.01. The number of benzene rings is 2. The number of carbonyl (C=O) groups is 2. The van der Waals surface area contributed by atoms with Gasteiger partial charge in [0.05, 0.1) is 0 Å². The van der Waals surface area contributed by atoms with Crippen LogP contribution < -0.4 is 5.32 Å². The molecule has 1 saturated carbocycles. The largest absolute Gasteiger partial charge is 0.352 e. The summed E-state index contributed by atoms with van der Waals surface area (Å²) in [6, 6.07) is 12.3. The fraction of sp³-hybridized carbons (Fsp3) is 0.440. The zero-order valence-electron chi connectivity index (χ0n) is 18.3. The molecule has 1 atom stereocenters. The van der Waals surface area contributed by atoms with E-state index in [1.165, 1.54) is 0 Å². The summed E-state index contributed by atoms with van der Waals surface area (Å²) in [6.07, 6.45) is 5.51. The molecule has 1 N–H and O–H groups in total. The fourth-order valence-electron chi connectivity index (χ4n) is 4.21. The van der Waals surface area contributed by atoms with Gasteiger partial charge in [-0.05, 0) is 55.0 Å². The Hall–Kier alpha value is -1.75. The predicted molar refractivity (Wildman–Crippen MR) is 131 cm³/mol. The topological polar surface area (TPSA) is 49.4 Å². The second-order valence-electron chi connectivity index (χ2n) is 8.26. The number of halogens is 3. The van der Waals surface area contributed by atoms with Crippen LogP contribution in [-0.2, 0) is 22.6 Å².